The lowest BCUT2D eigenvalue weighted by molar-refractivity contribution is 0.380. The molecule has 1 nitrogen and oxygen atoms in total. The third-order valence-corrected chi connectivity index (χ3v) is 3.65. The third kappa shape index (κ3) is 6.94. The van der Waals surface area contributed by atoms with Gasteiger partial charge in [-0.3, -0.25) is 0 Å². The first-order chi connectivity index (χ1) is 7.43. The molecular formula is C14H29N. The van der Waals surface area contributed by atoms with Crippen LogP contribution in [-0.2, 0) is 0 Å². The van der Waals surface area contributed by atoms with Gasteiger partial charge in [0.25, 0.3) is 0 Å². The Morgan fingerprint density at radius 1 is 0.933 bits per heavy atom. The van der Waals surface area contributed by atoms with Gasteiger partial charge in [0.15, 0.2) is 0 Å². The van der Waals surface area contributed by atoms with Gasteiger partial charge in [-0.2, -0.15) is 0 Å². The topological polar surface area (TPSA) is 12.0 Å². The van der Waals surface area contributed by atoms with Gasteiger partial charge in [-0.05, 0) is 31.8 Å². The quantitative estimate of drug-likeness (QED) is 0.740. The lowest BCUT2D eigenvalue weighted by Crippen LogP contribution is -2.16. The Labute approximate surface area is 96.0 Å². The van der Waals surface area contributed by atoms with Crippen LogP contribution in [0.25, 0.3) is 0 Å². The van der Waals surface area contributed by atoms with Crippen molar-refractivity contribution in [2.24, 2.45) is 5.92 Å². The lowest BCUT2D eigenvalue weighted by Gasteiger charge is -2.15. The van der Waals surface area contributed by atoms with Crippen LogP contribution in [0.1, 0.15) is 71.1 Å². The van der Waals surface area contributed by atoms with Crippen molar-refractivity contribution in [2.45, 2.75) is 71.1 Å². The first-order valence-corrected chi connectivity index (χ1v) is 7.14. The van der Waals surface area contributed by atoms with Crippen molar-refractivity contribution >= 4 is 0 Å². The van der Waals surface area contributed by atoms with Gasteiger partial charge in [0.2, 0.25) is 0 Å². The van der Waals surface area contributed by atoms with Crippen LogP contribution in [0, 0.1) is 5.92 Å². The summed E-state index contributed by atoms with van der Waals surface area (Å²) in [6.45, 7) is 4.81. The van der Waals surface area contributed by atoms with Gasteiger partial charge in [0, 0.05) is 0 Å². The number of hydrogen-bond acceptors (Lipinski definition) is 1. The van der Waals surface area contributed by atoms with E-state index in [9.17, 15) is 0 Å². The Hall–Kier alpha value is -0.0400. The molecule has 1 heteroatoms. The highest BCUT2D eigenvalue weighted by molar-refractivity contribution is 4.63. The van der Waals surface area contributed by atoms with Gasteiger partial charge in [-0.1, -0.05) is 58.3 Å². The molecule has 1 aliphatic heterocycles. The lowest BCUT2D eigenvalue weighted by atomic mass is 9.91. The zero-order chi connectivity index (χ0) is 10.8. The summed E-state index contributed by atoms with van der Waals surface area (Å²) in [5.74, 6) is 1.04. The Balaban J connectivity index is 2.19. The van der Waals surface area contributed by atoms with Crippen LogP contribution in [0.4, 0.5) is 0 Å². The van der Waals surface area contributed by atoms with E-state index in [2.05, 4.69) is 12.2 Å². The SMILES string of the molecule is CCCC[C@@H]1CCCCCNCCCC1. The summed E-state index contributed by atoms with van der Waals surface area (Å²) in [5.41, 5.74) is 0. The molecule has 1 atom stereocenters. The molecule has 15 heavy (non-hydrogen) atoms. The smallest absolute Gasteiger partial charge is 0.00489 e. The van der Waals surface area contributed by atoms with E-state index < -0.39 is 0 Å². The van der Waals surface area contributed by atoms with Gasteiger partial charge in [-0.15, -0.1) is 0 Å². The van der Waals surface area contributed by atoms with Crippen molar-refractivity contribution in [1.82, 2.24) is 5.32 Å². The maximum absolute atomic E-state index is 3.54. The summed E-state index contributed by atoms with van der Waals surface area (Å²) in [6, 6.07) is 0. The maximum Gasteiger partial charge on any atom is -0.00489 e. The highest BCUT2D eigenvalue weighted by Crippen LogP contribution is 2.22. The number of hydrogen-bond donors (Lipinski definition) is 1. The Kier molecular flexibility index (Phi) is 7.99. The van der Waals surface area contributed by atoms with E-state index in [-0.39, 0.29) is 0 Å². The Morgan fingerprint density at radius 2 is 1.60 bits per heavy atom. The molecule has 0 aliphatic carbocycles. The minimum absolute atomic E-state index is 1.04. The first-order valence-electron chi connectivity index (χ1n) is 7.14. The summed E-state index contributed by atoms with van der Waals surface area (Å²) in [5, 5.41) is 3.54. The highest BCUT2D eigenvalue weighted by atomic mass is 14.8. The van der Waals surface area contributed by atoms with Gasteiger partial charge in [0.1, 0.15) is 0 Å². The minimum atomic E-state index is 1.04. The van der Waals surface area contributed by atoms with E-state index in [0.29, 0.717) is 0 Å². The van der Waals surface area contributed by atoms with Crippen LogP contribution in [0.5, 0.6) is 0 Å². The summed E-state index contributed by atoms with van der Waals surface area (Å²) in [7, 11) is 0. The summed E-state index contributed by atoms with van der Waals surface area (Å²) in [6.07, 6.45) is 14.4. The molecule has 0 bridgehead atoms. The molecule has 0 aromatic rings. The number of unbranched alkanes of at least 4 members (excludes halogenated alkanes) is 1. The van der Waals surface area contributed by atoms with Crippen molar-refractivity contribution < 1.29 is 0 Å². The normalized spacial score (nSPS) is 25.8. The van der Waals surface area contributed by atoms with Crippen molar-refractivity contribution in [1.29, 1.82) is 0 Å². The van der Waals surface area contributed by atoms with E-state index in [1.807, 2.05) is 0 Å². The van der Waals surface area contributed by atoms with Gasteiger partial charge < -0.3 is 5.32 Å². The highest BCUT2D eigenvalue weighted by Gasteiger charge is 2.08. The zero-order valence-corrected chi connectivity index (χ0v) is 10.6. The molecule has 1 saturated heterocycles. The van der Waals surface area contributed by atoms with E-state index in [1.54, 1.807) is 0 Å². The van der Waals surface area contributed by atoms with Crippen molar-refractivity contribution in [3.05, 3.63) is 0 Å². The summed E-state index contributed by atoms with van der Waals surface area (Å²) in [4.78, 5) is 0. The van der Waals surface area contributed by atoms with Crippen LogP contribution in [0.2, 0.25) is 0 Å². The van der Waals surface area contributed by atoms with Crippen LogP contribution in [-0.4, -0.2) is 13.1 Å². The molecule has 1 aliphatic rings. The summed E-state index contributed by atoms with van der Waals surface area (Å²) >= 11 is 0. The molecule has 0 aromatic carbocycles. The predicted octanol–water partition coefficient (Wildman–Crippen LogP) is 4.13. The molecule has 90 valence electrons. The molecule has 1 heterocycles. The molecule has 1 rings (SSSR count). The van der Waals surface area contributed by atoms with Gasteiger partial charge >= 0.3 is 0 Å². The minimum Gasteiger partial charge on any atom is -0.317 e. The maximum atomic E-state index is 3.54. The molecule has 0 saturated carbocycles. The van der Waals surface area contributed by atoms with E-state index in [4.69, 9.17) is 0 Å². The number of nitrogens with one attached hydrogen (secondary N) is 1. The van der Waals surface area contributed by atoms with Crippen molar-refractivity contribution in [3.63, 3.8) is 0 Å². The second-order valence-corrected chi connectivity index (χ2v) is 5.10. The van der Waals surface area contributed by atoms with E-state index in [1.165, 1.54) is 77.3 Å². The monoisotopic (exact) mass is 211 g/mol. The fourth-order valence-corrected chi connectivity index (χ4v) is 2.59. The fraction of sp³-hybridized carbons (Fsp3) is 1.00. The van der Waals surface area contributed by atoms with Gasteiger partial charge in [-0.25, -0.2) is 0 Å². The first kappa shape index (κ1) is 13.0. The third-order valence-electron chi connectivity index (χ3n) is 3.65. The molecule has 0 aromatic heterocycles. The van der Waals surface area contributed by atoms with Crippen molar-refractivity contribution in [3.8, 4) is 0 Å². The zero-order valence-electron chi connectivity index (χ0n) is 10.6. The van der Waals surface area contributed by atoms with Crippen LogP contribution >= 0.6 is 0 Å². The average molecular weight is 211 g/mol. The molecule has 0 radical (unpaired) electrons. The predicted molar refractivity (Wildman–Crippen MR) is 68.2 cm³/mol. The summed E-state index contributed by atoms with van der Waals surface area (Å²) < 4.78 is 0. The second-order valence-electron chi connectivity index (χ2n) is 5.10. The molecule has 1 N–H and O–H groups in total. The number of rotatable bonds is 3. The average Bonchev–Trinajstić information content (AvgIpc) is 2.31. The van der Waals surface area contributed by atoms with Crippen LogP contribution in [0.15, 0.2) is 0 Å². The Bertz CT molecular complexity index is 121. The van der Waals surface area contributed by atoms with Gasteiger partial charge in [0.05, 0.1) is 0 Å². The van der Waals surface area contributed by atoms with Crippen molar-refractivity contribution in [2.75, 3.05) is 13.1 Å². The molecule has 0 unspecified atom stereocenters. The molecule has 0 amide bonds. The molecule has 0 spiro atoms. The largest absolute Gasteiger partial charge is 0.317 e. The van der Waals surface area contributed by atoms with Crippen LogP contribution in [0.3, 0.4) is 0 Å². The molecule has 1 fully saturated rings. The van der Waals surface area contributed by atoms with E-state index in [0.717, 1.165) is 5.92 Å². The standard InChI is InChI=1S/C14H29N/c1-2-3-9-14-10-5-4-7-12-15-13-8-6-11-14/h14-15H,2-13H2,1H3/t14-/m1/s1. The second kappa shape index (κ2) is 9.21. The fourth-order valence-electron chi connectivity index (χ4n) is 2.59. The Morgan fingerprint density at radius 3 is 2.33 bits per heavy atom. The van der Waals surface area contributed by atoms with E-state index >= 15 is 0 Å². The van der Waals surface area contributed by atoms with Crippen LogP contribution < -0.4 is 5.32 Å². The molecular weight excluding hydrogens is 182 g/mol.